The van der Waals surface area contributed by atoms with Crippen molar-refractivity contribution in [1.29, 1.82) is 0 Å². The number of carbonyl (C=O) groups is 4. The second-order valence-corrected chi connectivity index (χ2v) is 5.15. The molecule has 1 fully saturated rings. The second-order valence-electron chi connectivity index (χ2n) is 5.15. The monoisotopic (exact) mass is 316 g/mol. The largest absolute Gasteiger partial charge is 0.458 e. The first-order chi connectivity index (χ1) is 10.1. The van der Waals surface area contributed by atoms with Crippen molar-refractivity contribution in [3.63, 3.8) is 0 Å². The Morgan fingerprint density at radius 3 is 1.64 bits per heavy atom. The SMILES string of the molecule is CC(=O)O[C@H]1O[C@H](C(C)=O)[C@@H](C)[C@H](OC(C)=O)[C@H]1OC(C)=O. The number of carbonyl (C=O) groups excluding carboxylic acids is 4. The van der Waals surface area contributed by atoms with Crippen LogP contribution >= 0.6 is 0 Å². The zero-order chi connectivity index (χ0) is 17.0. The van der Waals surface area contributed by atoms with Gasteiger partial charge in [-0.1, -0.05) is 6.92 Å². The molecule has 1 heterocycles. The van der Waals surface area contributed by atoms with Crippen LogP contribution < -0.4 is 0 Å². The van der Waals surface area contributed by atoms with Gasteiger partial charge < -0.3 is 18.9 Å². The van der Waals surface area contributed by atoms with Crippen molar-refractivity contribution in [2.24, 2.45) is 5.92 Å². The van der Waals surface area contributed by atoms with E-state index in [-0.39, 0.29) is 5.78 Å². The highest BCUT2D eigenvalue weighted by molar-refractivity contribution is 5.81. The van der Waals surface area contributed by atoms with Crippen LogP contribution in [-0.2, 0) is 38.1 Å². The lowest BCUT2D eigenvalue weighted by molar-refractivity contribution is -0.276. The fourth-order valence-corrected chi connectivity index (χ4v) is 2.38. The zero-order valence-electron chi connectivity index (χ0n) is 13.2. The van der Waals surface area contributed by atoms with Crippen molar-refractivity contribution in [3.8, 4) is 0 Å². The van der Waals surface area contributed by atoms with Gasteiger partial charge in [-0.2, -0.15) is 0 Å². The van der Waals surface area contributed by atoms with Crippen LogP contribution in [0.2, 0.25) is 0 Å². The maximum absolute atomic E-state index is 11.7. The summed E-state index contributed by atoms with van der Waals surface area (Å²) in [6, 6.07) is 0. The summed E-state index contributed by atoms with van der Waals surface area (Å²) in [6.07, 6.45) is -4.37. The quantitative estimate of drug-likeness (QED) is 0.541. The Bertz CT molecular complexity index is 455. The van der Waals surface area contributed by atoms with Crippen molar-refractivity contribution in [2.75, 3.05) is 0 Å². The van der Waals surface area contributed by atoms with Crippen LogP contribution in [0.3, 0.4) is 0 Å². The summed E-state index contributed by atoms with van der Waals surface area (Å²) in [5.74, 6) is -2.84. The van der Waals surface area contributed by atoms with E-state index in [0.29, 0.717) is 0 Å². The summed E-state index contributed by atoms with van der Waals surface area (Å²) in [5.41, 5.74) is 0. The average molecular weight is 316 g/mol. The molecule has 1 aliphatic rings. The second kappa shape index (κ2) is 7.35. The highest BCUT2D eigenvalue weighted by Gasteiger charge is 2.50. The highest BCUT2D eigenvalue weighted by Crippen LogP contribution is 2.31. The van der Waals surface area contributed by atoms with Gasteiger partial charge in [-0.05, 0) is 6.92 Å². The molecule has 8 nitrogen and oxygen atoms in total. The maximum atomic E-state index is 11.7. The molecular weight excluding hydrogens is 296 g/mol. The lowest BCUT2D eigenvalue weighted by atomic mass is 9.88. The van der Waals surface area contributed by atoms with Gasteiger partial charge in [0.2, 0.25) is 12.4 Å². The Hall–Kier alpha value is -1.96. The molecule has 0 N–H and O–H groups in total. The van der Waals surface area contributed by atoms with Crippen LogP contribution in [0.5, 0.6) is 0 Å². The lowest BCUT2D eigenvalue weighted by Gasteiger charge is -2.42. The van der Waals surface area contributed by atoms with Gasteiger partial charge in [0.05, 0.1) is 0 Å². The molecule has 8 heteroatoms. The molecule has 1 rings (SSSR count). The molecule has 0 saturated carbocycles. The Labute approximate surface area is 128 Å². The molecule has 0 spiro atoms. The fourth-order valence-electron chi connectivity index (χ4n) is 2.38. The van der Waals surface area contributed by atoms with Crippen molar-refractivity contribution in [3.05, 3.63) is 0 Å². The van der Waals surface area contributed by atoms with E-state index in [0.717, 1.165) is 13.8 Å². The third kappa shape index (κ3) is 4.52. The molecule has 5 atom stereocenters. The molecular formula is C14H20O8. The standard InChI is InChI=1S/C14H20O8/c1-6-11(7(2)15)22-14(21-10(5)18)13(20-9(4)17)12(6)19-8(3)16/h6,11-14H,1-5H3/t6-,11+,12+,13-,14+/m1/s1. The number of hydrogen-bond acceptors (Lipinski definition) is 8. The van der Waals surface area contributed by atoms with Crippen LogP contribution in [0.4, 0.5) is 0 Å². The van der Waals surface area contributed by atoms with Crippen molar-refractivity contribution < 1.29 is 38.1 Å². The van der Waals surface area contributed by atoms with E-state index in [1.54, 1.807) is 6.92 Å². The lowest BCUT2D eigenvalue weighted by Crippen LogP contribution is -2.59. The Morgan fingerprint density at radius 2 is 1.23 bits per heavy atom. The smallest absolute Gasteiger partial charge is 0.305 e. The summed E-state index contributed by atoms with van der Waals surface area (Å²) >= 11 is 0. The van der Waals surface area contributed by atoms with E-state index in [1.165, 1.54) is 13.8 Å². The fraction of sp³-hybridized carbons (Fsp3) is 0.714. The van der Waals surface area contributed by atoms with E-state index < -0.39 is 48.4 Å². The van der Waals surface area contributed by atoms with Crippen LogP contribution in [-0.4, -0.2) is 48.3 Å². The van der Waals surface area contributed by atoms with Crippen LogP contribution in [0.1, 0.15) is 34.6 Å². The van der Waals surface area contributed by atoms with E-state index in [2.05, 4.69) is 0 Å². The van der Waals surface area contributed by atoms with Gasteiger partial charge in [-0.3, -0.25) is 19.2 Å². The van der Waals surface area contributed by atoms with Crippen molar-refractivity contribution in [2.45, 2.75) is 59.2 Å². The number of Topliss-reactive ketones (excluding diaryl/α,β-unsaturated/α-hetero) is 1. The Morgan fingerprint density at radius 1 is 0.773 bits per heavy atom. The molecule has 124 valence electrons. The van der Waals surface area contributed by atoms with Gasteiger partial charge in [0.1, 0.15) is 6.10 Å². The van der Waals surface area contributed by atoms with Gasteiger partial charge in [-0.15, -0.1) is 0 Å². The zero-order valence-corrected chi connectivity index (χ0v) is 13.2. The van der Waals surface area contributed by atoms with E-state index in [9.17, 15) is 19.2 Å². The van der Waals surface area contributed by atoms with Gasteiger partial charge >= 0.3 is 17.9 Å². The summed E-state index contributed by atoms with van der Waals surface area (Å²) < 4.78 is 20.7. The third-order valence-electron chi connectivity index (χ3n) is 3.16. The third-order valence-corrected chi connectivity index (χ3v) is 3.16. The minimum absolute atomic E-state index is 0.317. The van der Waals surface area contributed by atoms with Crippen molar-refractivity contribution >= 4 is 23.7 Å². The van der Waals surface area contributed by atoms with Gasteiger partial charge in [0.25, 0.3) is 0 Å². The minimum atomic E-state index is -1.32. The average Bonchev–Trinajstić information content (AvgIpc) is 2.35. The number of hydrogen-bond donors (Lipinski definition) is 0. The number of ether oxygens (including phenoxy) is 4. The van der Waals surface area contributed by atoms with Crippen LogP contribution in [0.25, 0.3) is 0 Å². The molecule has 0 unspecified atom stereocenters. The maximum Gasteiger partial charge on any atom is 0.305 e. The van der Waals surface area contributed by atoms with Gasteiger partial charge in [-0.25, -0.2) is 0 Å². The topological polar surface area (TPSA) is 105 Å². The molecule has 22 heavy (non-hydrogen) atoms. The predicted octanol–water partition coefficient (Wildman–Crippen LogP) is 0.363. The summed E-state index contributed by atoms with van der Waals surface area (Å²) in [4.78, 5) is 45.5. The molecule has 0 aromatic heterocycles. The van der Waals surface area contributed by atoms with Gasteiger partial charge in [0.15, 0.2) is 11.9 Å². The van der Waals surface area contributed by atoms with E-state index in [1.807, 2.05) is 0 Å². The number of rotatable bonds is 4. The normalized spacial score (nSPS) is 31.0. The van der Waals surface area contributed by atoms with E-state index >= 15 is 0 Å². The van der Waals surface area contributed by atoms with Crippen molar-refractivity contribution in [1.82, 2.24) is 0 Å². The molecule has 1 saturated heterocycles. The van der Waals surface area contributed by atoms with Gasteiger partial charge in [0, 0.05) is 26.7 Å². The summed E-state index contributed by atoms with van der Waals surface area (Å²) in [7, 11) is 0. The van der Waals surface area contributed by atoms with Crippen LogP contribution in [0.15, 0.2) is 0 Å². The van der Waals surface area contributed by atoms with Crippen LogP contribution in [0, 0.1) is 5.92 Å². The molecule has 0 aromatic carbocycles. The van der Waals surface area contributed by atoms with E-state index in [4.69, 9.17) is 18.9 Å². The Balaban J connectivity index is 3.15. The summed E-state index contributed by atoms with van der Waals surface area (Å²) in [5, 5.41) is 0. The molecule has 0 aromatic rings. The number of ketones is 1. The molecule has 0 radical (unpaired) electrons. The first-order valence-electron chi connectivity index (χ1n) is 6.81. The predicted molar refractivity (Wildman–Crippen MR) is 71.4 cm³/mol. The molecule has 0 aliphatic carbocycles. The first kappa shape index (κ1) is 18.1. The highest BCUT2D eigenvalue weighted by atomic mass is 16.7. The molecule has 0 bridgehead atoms. The first-order valence-corrected chi connectivity index (χ1v) is 6.81. The number of esters is 3. The Kier molecular flexibility index (Phi) is 6.04. The molecule has 1 aliphatic heterocycles. The minimum Gasteiger partial charge on any atom is -0.458 e. The molecule has 0 amide bonds. The summed E-state index contributed by atoms with van der Waals surface area (Å²) in [6.45, 7) is 6.44.